The summed E-state index contributed by atoms with van der Waals surface area (Å²) < 4.78 is 11.3. The van der Waals surface area contributed by atoms with Gasteiger partial charge >= 0.3 is 0 Å². The van der Waals surface area contributed by atoms with Crippen LogP contribution in [0.2, 0.25) is 5.02 Å². The fourth-order valence-corrected chi connectivity index (χ4v) is 2.72. The lowest BCUT2D eigenvalue weighted by Crippen LogP contribution is -1.92. The van der Waals surface area contributed by atoms with Crippen LogP contribution >= 0.6 is 11.6 Å². The van der Waals surface area contributed by atoms with E-state index in [9.17, 15) is 4.79 Å². The van der Waals surface area contributed by atoms with Crippen LogP contribution in [-0.4, -0.2) is 12.9 Å². The van der Waals surface area contributed by atoms with Crippen LogP contribution in [0.1, 0.15) is 12.5 Å². The number of benzene rings is 3. The fourth-order valence-electron chi connectivity index (χ4n) is 2.51. The molecule has 3 aromatic rings. The second kappa shape index (κ2) is 7.37. The Balaban J connectivity index is 1.85. The van der Waals surface area contributed by atoms with Gasteiger partial charge in [0.25, 0.3) is 0 Å². The predicted molar refractivity (Wildman–Crippen MR) is 96.4 cm³/mol. The third-order valence-electron chi connectivity index (χ3n) is 3.64. The highest BCUT2D eigenvalue weighted by atomic mass is 35.5. The van der Waals surface area contributed by atoms with Gasteiger partial charge in [-0.2, -0.15) is 0 Å². The second-order valence-electron chi connectivity index (χ2n) is 5.34. The zero-order chi connectivity index (χ0) is 16.9. The number of carbonyl (C=O) groups is 1. The van der Waals surface area contributed by atoms with Gasteiger partial charge < -0.3 is 14.3 Å². The molecule has 0 fully saturated rings. The van der Waals surface area contributed by atoms with E-state index in [-0.39, 0.29) is 0 Å². The van der Waals surface area contributed by atoms with Gasteiger partial charge in [0.2, 0.25) is 0 Å². The lowest BCUT2D eigenvalue weighted by molar-refractivity contribution is -0.107. The van der Waals surface area contributed by atoms with Gasteiger partial charge in [0, 0.05) is 12.5 Å². The Hall–Kier alpha value is -2.52. The van der Waals surface area contributed by atoms with Crippen molar-refractivity contribution in [2.75, 3.05) is 6.61 Å². The molecule has 0 aliphatic heterocycles. The summed E-state index contributed by atoms with van der Waals surface area (Å²) in [7, 11) is 0. The highest BCUT2D eigenvalue weighted by molar-refractivity contribution is 6.32. The predicted octanol–water partition coefficient (Wildman–Crippen LogP) is 5.43. The fraction of sp³-hybridized carbons (Fsp3) is 0.150. The van der Waals surface area contributed by atoms with Crippen LogP contribution in [0.15, 0.2) is 54.6 Å². The van der Waals surface area contributed by atoms with Crippen molar-refractivity contribution in [3.8, 4) is 17.2 Å². The number of rotatable bonds is 6. The number of ether oxygens (including phenoxy) is 2. The van der Waals surface area contributed by atoms with Gasteiger partial charge in [0.05, 0.1) is 11.6 Å². The van der Waals surface area contributed by atoms with Crippen molar-refractivity contribution in [1.29, 1.82) is 0 Å². The molecule has 0 saturated carbocycles. The minimum absolute atomic E-state index is 0.427. The molecule has 0 N–H and O–H groups in total. The lowest BCUT2D eigenvalue weighted by Gasteiger charge is -2.10. The van der Waals surface area contributed by atoms with Gasteiger partial charge in [-0.15, -0.1) is 0 Å². The molecule has 0 heterocycles. The van der Waals surface area contributed by atoms with E-state index in [4.69, 9.17) is 21.1 Å². The minimum atomic E-state index is 0.427. The Bertz CT molecular complexity index is 874. The zero-order valence-electron chi connectivity index (χ0n) is 13.3. The van der Waals surface area contributed by atoms with Gasteiger partial charge in [-0.3, -0.25) is 0 Å². The van der Waals surface area contributed by atoms with Crippen molar-refractivity contribution in [2.45, 2.75) is 13.3 Å². The van der Waals surface area contributed by atoms with Crippen LogP contribution in [0, 0.1) is 0 Å². The zero-order valence-corrected chi connectivity index (χ0v) is 14.0. The first-order valence-corrected chi connectivity index (χ1v) is 8.14. The van der Waals surface area contributed by atoms with E-state index in [1.165, 1.54) is 0 Å². The van der Waals surface area contributed by atoms with Gasteiger partial charge in [0.15, 0.2) is 0 Å². The van der Waals surface area contributed by atoms with Crippen molar-refractivity contribution in [1.82, 2.24) is 0 Å². The first kappa shape index (κ1) is 16.3. The Morgan fingerprint density at radius 2 is 1.71 bits per heavy atom. The summed E-state index contributed by atoms with van der Waals surface area (Å²) >= 11 is 6.25. The largest absolute Gasteiger partial charge is 0.494 e. The van der Waals surface area contributed by atoms with Crippen molar-refractivity contribution in [3.05, 3.63) is 65.2 Å². The van der Waals surface area contributed by atoms with Gasteiger partial charge in [0.1, 0.15) is 23.5 Å². The quantitative estimate of drug-likeness (QED) is 0.561. The van der Waals surface area contributed by atoms with Crippen LogP contribution in [0.3, 0.4) is 0 Å². The summed E-state index contributed by atoms with van der Waals surface area (Å²) in [5.41, 5.74) is 1.00. The average molecular weight is 341 g/mol. The normalized spacial score (nSPS) is 10.6. The molecule has 0 bridgehead atoms. The number of hydrogen-bond donors (Lipinski definition) is 0. The van der Waals surface area contributed by atoms with E-state index in [1.807, 2.05) is 49.4 Å². The monoisotopic (exact) mass is 340 g/mol. The van der Waals surface area contributed by atoms with Crippen LogP contribution in [0.5, 0.6) is 17.2 Å². The van der Waals surface area contributed by atoms with Crippen LogP contribution in [0.4, 0.5) is 0 Å². The Morgan fingerprint density at radius 3 is 2.46 bits per heavy atom. The maximum Gasteiger partial charge on any atom is 0.146 e. The molecule has 4 heteroatoms. The van der Waals surface area contributed by atoms with Gasteiger partial charge in [-0.05, 0) is 47.5 Å². The van der Waals surface area contributed by atoms with Crippen molar-refractivity contribution >= 4 is 28.7 Å². The molecule has 0 aliphatic carbocycles. The maximum absolute atomic E-state index is 10.6. The van der Waals surface area contributed by atoms with E-state index in [1.54, 1.807) is 12.1 Å². The molecule has 3 nitrogen and oxygen atoms in total. The first-order valence-electron chi connectivity index (χ1n) is 7.76. The molecular formula is C20H17ClO3. The van der Waals surface area contributed by atoms with E-state index >= 15 is 0 Å². The molecule has 0 amide bonds. The highest BCUT2D eigenvalue weighted by Gasteiger charge is 2.06. The second-order valence-corrected chi connectivity index (χ2v) is 5.75. The molecule has 0 radical (unpaired) electrons. The first-order chi connectivity index (χ1) is 11.7. The summed E-state index contributed by atoms with van der Waals surface area (Å²) in [6.45, 7) is 2.52. The molecule has 24 heavy (non-hydrogen) atoms. The maximum atomic E-state index is 10.6. The molecule has 3 aromatic carbocycles. The van der Waals surface area contributed by atoms with Gasteiger partial charge in [-0.1, -0.05) is 35.9 Å². The molecule has 122 valence electrons. The van der Waals surface area contributed by atoms with E-state index in [0.29, 0.717) is 29.5 Å². The van der Waals surface area contributed by atoms with Crippen molar-refractivity contribution in [3.63, 3.8) is 0 Å². The minimum Gasteiger partial charge on any atom is -0.494 e. The summed E-state index contributed by atoms with van der Waals surface area (Å²) in [4.78, 5) is 10.6. The Kier molecular flexibility index (Phi) is 5.02. The summed E-state index contributed by atoms with van der Waals surface area (Å²) in [5, 5.41) is 2.62. The molecule has 0 aromatic heterocycles. The number of hydrogen-bond acceptors (Lipinski definition) is 3. The van der Waals surface area contributed by atoms with Crippen LogP contribution in [-0.2, 0) is 11.2 Å². The number of halogens is 1. The summed E-state index contributed by atoms with van der Waals surface area (Å²) in [6, 6.07) is 17.1. The Morgan fingerprint density at radius 1 is 0.958 bits per heavy atom. The molecule has 0 aliphatic rings. The number of aldehydes is 1. The topological polar surface area (TPSA) is 35.5 Å². The van der Waals surface area contributed by atoms with Crippen LogP contribution in [0.25, 0.3) is 10.8 Å². The van der Waals surface area contributed by atoms with Crippen LogP contribution < -0.4 is 9.47 Å². The average Bonchev–Trinajstić information content (AvgIpc) is 2.58. The van der Waals surface area contributed by atoms with Crippen molar-refractivity contribution < 1.29 is 14.3 Å². The van der Waals surface area contributed by atoms with Crippen molar-refractivity contribution in [2.24, 2.45) is 0 Å². The molecule has 0 unspecified atom stereocenters. The molecule has 3 rings (SSSR count). The van der Waals surface area contributed by atoms with E-state index < -0.39 is 0 Å². The Labute approximate surface area is 145 Å². The SMILES string of the molecule is CCOc1ccc(Oc2ccc3cc(CC=O)ccc3c2)c(Cl)c1. The number of fused-ring (bicyclic) bond motifs is 1. The third kappa shape index (κ3) is 3.69. The van der Waals surface area contributed by atoms with E-state index in [2.05, 4.69) is 0 Å². The van der Waals surface area contributed by atoms with E-state index in [0.717, 1.165) is 28.4 Å². The molecule has 0 saturated heterocycles. The summed E-state index contributed by atoms with van der Waals surface area (Å²) in [6.07, 6.45) is 1.34. The lowest BCUT2D eigenvalue weighted by atomic mass is 10.1. The molecular weight excluding hydrogens is 324 g/mol. The standard InChI is InChI=1S/C20H17ClO3/c1-2-23-17-7-8-20(19(21)13-17)24-18-6-5-15-11-14(9-10-22)3-4-16(15)12-18/h3-8,10-13H,2,9H2,1H3. The third-order valence-corrected chi connectivity index (χ3v) is 3.93. The number of carbonyl (C=O) groups excluding carboxylic acids is 1. The smallest absolute Gasteiger partial charge is 0.146 e. The summed E-state index contributed by atoms with van der Waals surface area (Å²) in [5.74, 6) is 2.00. The van der Waals surface area contributed by atoms with Gasteiger partial charge in [-0.25, -0.2) is 0 Å². The molecule has 0 spiro atoms. The highest BCUT2D eigenvalue weighted by Crippen LogP contribution is 2.33. The molecule has 0 atom stereocenters.